The summed E-state index contributed by atoms with van der Waals surface area (Å²) >= 11 is 0. The third-order valence-electron chi connectivity index (χ3n) is 4.15. The molecule has 2 fully saturated rings. The van der Waals surface area contributed by atoms with Gasteiger partial charge in [0.05, 0.1) is 6.61 Å². The summed E-state index contributed by atoms with van der Waals surface area (Å²) < 4.78 is 5.29. The second-order valence-corrected chi connectivity index (χ2v) is 5.69. The minimum Gasteiger partial charge on any atom is -0.481 e. The first-order valence-corrected chi connectivity index (χ1v) is 7.51. The number of carbonyl (C=O) groups is 2. The highest BCUT2D eigenvalue weighted by Gasteiger charge is 2.27. The molecule has 0 aromatic heterocycles. The SMILES string of the molecule is O=C(O)CCC1CCCCN1C(=O)NCC1CCOC1. The van der Waals surface area contributed by atoms with Crippen LogP contribution in [-0.2, 0) is 9.53 Å². The van der Waals surface area contributed by atoms with Crippen LogP contribution in [0.25, 0.3) is 0 Å². The van der Waals surface area contributed by atoms with Gasteiger partial charge in [-0.15, -0.1) is 0 Å². The fourth-order valence-corrected chi connectivity index (χ4v) is 2.94. The van der Waals surface area contributed by atoms with Crippen molar-refractivity contribution in [1.82, 2.24) is 10.2 Å². The highest BCUT2D eigenvalue weighted by molar-refractivity contribution is 5.74. The van der Waals surface area contributed by atoms with Crippen molar-refractivity contribution in [2.45, 2.75) is 44.6 Å². The average Bonchev–Trinajstić information content (AvgIpc) is 2.96. The zero-order chi connectivity index (χ0) is 14.4. The lowest BCUT2D eigenvalue weighted by Gasteiger charge is -2.35. The second kappa shape index (κ2) is 7.47. The summed E-state index contributed by atoms with van der Waals surface area (Å²) in [6, 6.07) is 0.0201. The molecule has 114 valence electrons. The van der Waals surface area contributed by atoms with Gasteiger partial charge in [-0.05, 0) is 32.1 Å². The molecule has 2 atom stereocenters. The van der Waals surface area contributed by atoms with Crippen molar-refractivity contribution in [3.63, 3.8) is 0 Å². The van der Waals surface area contributed by atoms with Crippen LogP contribution >= 0.6 is 0 Å². The Morgan fingerprint density at radius 3 is 2.85 bits per heavy atom. The molecule has 20 heavy (non-hydrogen) atoms. The van der Waals surface area contributed by atoms with E-state index < -0.39 is 5.97 Å². The molecule has 0 aromatic carbocycles. The summed E-state index contributed by atoms with van der Waals surface area (Å²) in [5.74, 6) is -0.375. The molecule has 6 nitrogen and oxygen atoms in total. The zero-order valence-corrected chi connectivity index (χ0v) is 11.8. The van der Waals surface area contributed by atoms with Gasteiger partial charge in [-0.25, -0.2) is 4.79 Å². The topological polar surface area (TPSA) is 78.9 Å². The summed E-state index contributed by atoms with van der Waals surface area (Å²) in [5.41, 5.74) is 0. The second-order valence-electron chi connectivity index (χ2n) is 5.69. The third-order valence-corrected chi connectivity index (χ3v) is 4.15. The number of amides is 2. The number of carboxylic acids is 1. The maximum absolute atomic E-state index is 12.2. The molecule has 2 amide bonds. The third kappa shape index (κ3) is 4.37. The van der Waals surface area contributed by atoms with Gasteiger partial charge in [0.25, 0.3) is 0 Å². The smallest absolute Gasteiger partial charge is 0.317 e. The Labute approximate surface area is 119 Å². The van der Waals surface area contributed by atoms with Crippen LogP contribution in [0.3, 0.4) is 0 Å². The molecule has 0 spiro atoms. The van der Waals surface area contributed by atoms with Gasteiger partial charge in [0.2, 0.25) is 0 Å². The van der Waals surface area contributed by atoms with E-state index in [4.69, 9.17) is 9.84 Å². The lowest BCUT2D eigenvalue weighted by atomic mass is 9.98. The number of hydrogen-bond donors (Lipinski definition) is 2. The van der Waals surface area contributed by atoms with E-state index in [1.54, 1.807) is 0 Å². The van der Waals surface area contributed by atoms with Gasteiger partial charge in [0, 0.05) is 38.1 Å². The number of piperidine rings is 1. The molecule has 0 aromatic rings. The van der Waals surface area contributed by atoms with Gasteiger partial charge < -0.3 is 20.1 Å². The Hall–Kier alpha value is -1.30. The Morgan fingerprint density at radius 1 is 1.30 bits per heavy atom. The summed E-state index contributed by atoms with van der Waals surface area (Å²) in [6.07, 6.45) is 4.67. The van der Waals surface area contributed by atoms with E-state index in [0.29, 0.717) is 18.9 Å². The van der Waals surface area contributed by atoms with Crippen molar-refractivity contribution in [1.29, 1.82) is 0 Å². The Kier molecular flexibility index (Phi) is 5.64. The van der Waals surface area contributed by atoms with Gasteiger partial charge in [-0.3, -0.25) is 4.79 Å². The van der Waals surface area contributed by atoms with Crippen LogP contribution in [0.15, 0.2) is 0 Å². The zero-order valence-electron chi connectivity index (χ0n) is 11.8. The number of urea groups is 1. The molecule has 2 unspecified atom stereocenters. The quantitative estimate of drug-likeness (QED) is 0.801. The van der Waals surface area contributed by atoms with E-state index in [9.17, 15) is 9.59 Å². The highest BCUT2D eigenvalue weighted by atomic mass is 16.5. The van der Waals surface area contributed by atoms with Crippen molar-refractivity contribution in [3.8, 4) is 0 Å². The summed E-state index contributed by atoms with van der Waals surface area (Å²) in [4.78, 5) is 24.7. The van der Waals surface area contributed by atoms with Crippen LogP contribution in [0.5, 0.6) is 0 Å². The highest BCUT2D eigenvalue weighted by Crippen LogP contribution is 2.21. The van der Waals surface area contributed by atoms with Gasteiger partial charge in [-0.1, -0.05) is 0 Å². The van der Waals surface area contributed by atoms with E-state index in [1.807, 2.05) is 4.90 Å². The molecule has 0 saturated carbocycles. The molecule has 2 saturated heterocycles. The molecular formula is C14H24N2O4. The first-order chi connectivity index (χ1) is 9.66. The maximum Gasteiger partial charge on any atom is 0.317 e. The van der Waals surface area contributed by atoms with E-state index in [2.05, 4.69) is 5.32 Å². The fourth-order valence-electron chi connectivity index (χ4n) is 2.94. The van der Waals surface area contributed by atoms with Gasteiger partial charge in [0.1, 0.15) is 0 Å². The van der Waals surface area contributed by atoms with E-state index in [1.165, 1.54) is 0 Å². The lowest BCUT2D eigenvalue weighted by Crippen LogP contribution is -2.49. The number of ether oxygens (including phenoxy) is 1. The number of rotatable bonds is 5. The maximum atomic E-state index is 12.2. The minimum absolute atomic E-state index is 0.0491. The van der Waals surface area contributed by atoms with E-state index in [-0.39, 0.29) is 18.5 Å². The van der Waals surface area contributed by atoms with Crippen molar-refractivity contribution in [2.75, 3.05) is 26.3 Å². The normalized spacial score (nSPS) is 26.5. The predicted molar refractivity (Wildman–Crippen MR) is 73.5 cm³/mol. The number of nitrogens with one attached hydrogen (secondary N) is 1. The molecule has 0 radical (unpaired) electrons. The first kappa shape index (κ1) is 15.1. The molecule has 2 heterocycles. The van der Waals surface area contributed by atoms with Crippen LogP contribution in [0.1, 0.15) is 38.5 Å². The molecule has 6 heteroatoms. The molecule has 2 rings (SSSR count). The molecule has 2 aliphatic heterocycles. The van der Waals surface area contributed by atoms with Crippen LogP contribution in [-0.4, -0.2) is 54.4 Å². The van der Waals surface area contributed by atoms with Crippen molar-refractivity contribution < 1.29 is 19.4 Å². The van der Waals surface area contributed by atoms with Crippen LogP contribution in [0, 0.1) is 5.92 Å². The van der Waals surface area contributed by atoms with E-state index in [0.717, 1.165) is 45.4 Å². The first-order valence-electron chi connectivity index (χ1n) is 7.51. The number of carbonyl (C=O) groups excluding carboxylic acids is 1. The molecular weight excluding hydrogens is 260 g/mol. The Bertz CT molecular complexity index is 342. The van der Waals surface area contributed by atoms with E-state index >= 15 is 0 Å². The molecule has 2 N–H and O–H groups in total. The number of likely N-dealkylation sites (tertiary alicyclic amines) is 1. The average molecular weight is 284 g/mol. The summed E-state index contributed by atoms with van der Waals surface area (Å²) in [5, 5.41) is 11.8. The molecule has 0 aliphatic carbocycles. The number of carboxylic acid groups (broad SMARTS) is 1. The van der Waals surface area contributed by atoms with Crippen molar-refractivity contribution >= 4 is 12.0 Å². The van der Waals surface area contributed by atoms with Gasteiger partial charge in [0.15, 0.2) is 0 Å². The minimum atomic E-state index is -0.793. The standard InChI is InChI=1S/C14H24N2O4/c17-13(18)5-4-12-3-1-2-7-16(12)14(19)15-9-11-6-8-20-10-11/h11-12H,1-10H2,(H,15,19)(H,17,18). The largest absolute Gasteiger partial charge is 0.481 e. The molecule has 0 bridgehead atoms. The van der Waals surface area contributed by atoms with Gasteiger partial charge in [-0.2, -0.15) is 0 Å². The Morgan fingerprint density at radius 2 is 2.15 bits per heavy atom. The lowest BCUT2D eigenvalue weighted by molar-refractivity contribution is -0.137. The van der Waals surface area contributed by atoms with Crippen LogP contribution in [0.4, 0.5) is 4.79 Å². The number of nitrogens with zero attached hydrogens (tertiary/aromatic N) is 1. The summed E-state index contributed by atoms with van der Waals surface area (Å²) in [7, 11) is 0. The molecule has 2 aliphatic rings. The van der Waals surface area contributed by atoms with Crippen molar-refractivity contribution in [3.05, 3.63) is 0 Å². The van der Waals surface area contributed by atoms with Gasteiger partial charge >= 0.3 is 12.0 Å². The summed E-state index contributed by atoms with van der Waals surface area (Å²) in [6.45, 7) is 2.90. The fraction of sp³-hybridized carbons (Fsp3) is 0.857. The van der Waals surface area contributed by atoms with Crippen molar-refractivity contribution in [2.24, 2.45) is 5.92 Å². The predicted octanol–water partition coefficient (Wildman–Crippen LogP) is 1.45. The Balaban J connectivity index is 1.79. The number of hydrogen-bond acceptors (Lipinski definition) is 3. The van der Waals surface area contributed by atoms with Crippen LogP contribution < -0.4 is 5.32 Å². The monoisotopic (exact) mass is 284 g/mol. The number of aliphatic carboxylic acids is 1. The van der Waals surface area contributed by atoms with Crippen LogP contribution in [0.2, 0.25) is 0 Å².